The number of ketones is 1. The Bertz CT molecular complexity index is 481. The number of carbonyl (C=O) groups excluding carboxylic acids is 2. The molecule has 17 heavy (non-hydrogen) atoms. The highest BCUT2D eigenvalue weighted by Crippen LogP contribution is 2.29. The van der Waals surface area contributed by atoms with Crippen molar-refractivity contribution in [3.05, 3.63) is 28.8 Å². The van der Waals surface area contributed by atoms with E-state index < -0.39 is 0 Å². The van der Waals surface area contributed by atoms with Crippen molar-refractivity contribution >= 4 is 17.4 Å². The van der Waals surface area contributed by atoms with Gasteiger partial charge in [-0.2, -0.15) is 0 Å². The predicted octanol–water partition coefficient (Wildman–Crippen LogP) is 1.42. The van der Waals surface area contributed by atoms with Gasteiger partial charge in [0.2, 0.25) is 5.91 Å². The van der Waals surface area contributed by atoms with E-state index in [1.54, 1.807) is 6.07 Å². The molecular weight excluding hydrogens is 216 g/mol. The fraction of sp³-hybridized carbons (Fsp3) is 0.385. The lowest BCUT2D eigenvalue weighted by Crippen LogP contribution is -2.22. The number of nitrogens with one attached hydrogen (secondary N) is 1. The van der Waals surface area contributed by atoms with Gasteiger partial charge >= 0.3 is 0 Å². The number of Topliss-reactive ketones (excluding diaryl/α,β-unsaturated/α-hetero) is 1. The fourth-order valence-electron chi connectivity index (χ4n) is 2.26. The molecule has 0 saturated heterocycles. The monoisotopic (exact) mass is 232 g/mol. The number of amides is 1. The summed E-state index contributed by atoms with van der Waals surface area (Å²) in [7, 11) is 0. The number of anilines is 1. The number of nitrogens with two attached hydrogens (primary N) is 1. The zero-order valence-electron chi connectivity index (χ0n) is 9.88. The van der Waals surface area contributed by atoms with Crippen LogP contribution in [-0.4, -0.2) is 11.7 Å². The summed E-state index contributed by atoms with van der Waals surface area (Å²) in [5.74, 6) is 0.0473. The molecule has 1 aromatic rings. The molecule has 0 aromatic heterocycles. The second-order valence-corrected chi connectivity index (χ2v) is 4.35. The second-order valence-electron chi connectivity index (χ2n) is 4.35. The molecule has 1 amide bonds. The molecule has 0 atom stereocenters. The number of rotatable bonds is 2. The number of carbonyl (C=O) groups is 2. The van der Waals surface area contributed by atoms with E-state index in [9.17, 15) is 9.59 Å². The molecule has 1 aromatic carbocycles. The summed E-state index contributed by atoms with van der Waals surface area (Å²) >= 11 is 0. The molecule has 0 radical (unpaired) electrons. The van der Waals surface area contributed by atoms with Gasteiger partial charge in [-0.15, -0.1) is 0 Å². The quantitative estimate of drug-likeness (QED) is 0.757. The summed E-state index contributed by atoms with van der Waals surface area (Å²) in [6.07, 6.45) is 2.30. The van der Waals surface area contributed by atoms with E-state index in [2.05, 4.69) is 5.32 Å². The van der Waals surface area contributed by atoms with Gasteiger partial charge in [-0.05, 0) is 30.0 Å². The molecule has 0 saturated carbocycles. The predicted molar refractivity (Wildman–Crippen MR) is 65.6 cm³/mol. The van der Waals surface area contributed by atoms with Crippen LogP contribution in [0.5, 0.6) is 0 Å². The summed E-state index contributed by atoms with van der Waals surface area (Å²) in [4.78, 5) is 22.7. The molecule has 90 valence electrons. The van der Waals surface area contributed by atoms with Gasteiger partial charge in [0.05, 0.1) is 0 Å². The van der Waals surface area contributed by atoms with Crippen LogP contribution in [0.3, 0.4) is 0 Å². The highest BCUT2D eigenvalue weighted by atomic mass is 16.1. The van der Waals surface area contributed by atoms with Crippen LogP contribution < -0.4 is 11.1 Å². The maximum Gasteiger partial charge on any atom is 0.217 e. The molecule has 0 spiro atoms. The van der Waals surface area contributed by atoms with Gasteiger partial charge in [-0.3, -0.25) is 9.59 Å². The van der Waals surface area contributed by atoms with Gasteiger partial charge in [0.1, 0.15) is 0 Å². The Labute approximate surface area is 100 Å². The average Bonchev–Trinajstić information content (AvgIpc) is 2.28. The van der Waals surface area contributed by atoms with Crippen molar-refractivity contribution in [2.24, 2.45) is 0 Å². The summed E-state index contributed by atoms with van der Waals surface area (Å²) in [6.45, 7) is 1.94. The highest BCUT2D eigenvalue weighted by Gasteiger charge is 2.22. The third-order valence-corrected chi connectivity index (χ3v) is 3.08. The Morgan fingerprint density at radius 3 is 2.88 bits per heavy atom. The maximum atomic E-state index is 11.8. The molecule has 0 fully saturated rings. The Kier molecular flexibility index (Phi) is 3.13. The Morgan fingerprint density at radius 2 is 2.18 bits per heavy atom. The average molecular weight is 232 g/mol. The Balaban J connectivity index is 2.38. The maximum absolute atomic E-state index is 11.8. The van der Waals surface area contributed by atoms with Crippen molar-refractivity contribution in [3.63, 3.8) is 0 Å². The van der Waals surface area contributed by atoms with Crippen LogP contribution in [-0.2, 0) is 17.8 Å². The van der Waals surface area contributed by atoms with Crippen molar-refractivity contribution in [3.8, 4) is 0 Å². The second kappa shape index (κ2) is 4.57. The van der Waals surface area contributed by atoms with Crippen molar-refractivity contribution in [2.45, 2.75) is 32.7 Å². The van der Waals surface area contributed by atoms with Gasteiger partial charge in [-0.1, -0.05) is 6.07 Å². The van der Waals surface area contributed by atoms with Gasteiger partial charge in [0.25, 0.3) is 0 Å². The van der Waals surface area contributed by atoms with E-state index in [1.807, 2.05) is 6.07 Å². The van der Waals surface area contributed by atoms with Gasteiger partial charge in [-0.25, -0.2) is 0 Å². The minimum absolute atomic E-state index is 0.0716. The standard InChI is InChI=1S/C13H16N2O2/c1-8(16)15-7-9-5-6-11(14)13-10(9)3-2-4-12(13)17/h5-6H,2-4,7,14H2,1H3,(H,15,16). The van der Waals surface area contributed by atoms with E-state index in [1.165, 1.54) is 6.92 Å². The number of benzene rings is 1. The number of nitrogen functional groups attached to an aromatic ring is 1. The van der Waals surface area contributed by atoms with Crippen LogP contribution in [0.25, 0.3) is 0 Å². The third kappa shape index (κ3) is 2.30. The van der Waals surface area contributed by atoms with Crippen LogP contribution in [0, 0.1) is 0 Å². The van der Waals surface area contributed by atoms with Crippen molar-refractivity contribution in [1.29, 1.82) is 0 Å². The first-order chi connectivity index (χ1) is 8.09. The minimum atomic E-state index is -0.0716. The van der Waals surface area contributed by atoms with Gasteiger partial charge < -0.3 is 11.1 Å². The van der Waals surface area contributed by atoms with Crippen molar-refractivity contribution in [2.75, 3.05) is 5.73 Å². The number of fused-ring (bicyclic) bond motifs is 1. The normalized spacial score (nSPS) is 14.3. The number of hydrogen-bond acceptors (Lipinski definition) is 3. The molecule has 4 nitrogen and oxygen atoms in total. The Morgan fingerprint density at radius 1 is 1.41 bits per heavy atom. The Hall–Kier alpha value is -1.84. The first-order valence-electron chi connectivity index (χ1n) is 5.77. The zero-order chi connectivity index (χ0) is 12.4. The zero-order valence-corrected chi connectivity index (χ0v) is 9.88. The molecule has 0 heterocycles. The molecular formula is C13H16N2O2. The van der Waals surface area contributed by atoms with Crippen molar-refractivity contribution < 1.29 is 9.59 Å². The molecule has 0 unspecified atom stereocenters. The summed E-state index contributed by atoms with van der Waals surface area (Å²) in [6, 6.07) is 3.64. The van der Waals surface area contributed by atoms with Gasteiger partial charge in [0.15, 0.2) is 5.78 Å². The lowest BCUT2D eigenvalue weighted by molar-refractivity contribution is -0.119. The van der Waals surface area contributed by atoms with Crippen LogP contribution in [0.15, 0.2) is 12.1 Å². The van der Waals surface area contributed by atoms with E-state index in [4.69, 9.17) is 5.73 Å². The first kappa shape index (κ1) is 11.6. The van der Waals surface area contributed by atoms with Crippen LogP contribution in [0.4, 0.5) is 5.69 Å². The largest absolute Gasteiger partial charge is 0.398 e. The van der Waals surface area contributed by atoms with E-state index >= 15 is 0 Å². The molecule has 3 N–H and O–H groups in total. The topological polar surface area (TPSA) is 72.2 Å². The van der Waals surface area contributed by atoms with Gasteiger partial charge in [0, 0.05) is 31.1 Å². The lowest BCUT2D eigenvalue weighted by atomic mass is 9.86. The van der Waals surface area contributed by atoms with Crippen LogP contribution in [0.2, 0.25) is 0 Å². The smallest absolute Gasteiger partial charge is 0.217 e. The molecule has 1 aliphatic carbocycles. The SMILES string of the molecule is CC(=O)NCc1ccc(N)c2c1CCCC2=O. The molecule has 0 bridgehead atoms. The van der Waals surface area contributed by atoms with E-state index in [0.29, 0.717) is 24.2 Å². The molecule has 1 aliphatic rings. The summed E-state index contributed by atoms with van der Waals surface area (Å²) in [5.41, 5.74) is 9.07. The molecule has 4 heteroatoms. The minimum Gasteiger partial charge on any atom is -0.398 e. The summed E-state index contributed by atoms with van der Waals surface area (Å²) < 4.78 is 0. The molecule has 0 aliphatic heterocycles. The first-order valence-corrected chi connectivity index (χ1v) is 5.77. The number of hydrogen-bond donors (Lipinski definition) is 2. The highest BCUT2D eigenvalue weighted by molar-refractivity contribution is 6.03. The third-order valence-electron chi connectivity index (χ3n) is 3.08. The van der Waals surface area contributed by atoms with Crippen LogP contribution >= 0.6 is 0 Å². The van der Waals surface area contributed by atoms with Crippen molar-refractivity contribution in [1.82, 2.24) is 5.32 Å². The summed E-state index contributed by atoms with van der Waals surface area (Å²) in [5, 5.41) is 2.76. The van der Waals surface area contributed by atoms with E-state index in [0.717, 1.165) is 24.0 Å². The van der Waals surface area contributed by atoms with Crippen LogP contribution in [0.1, 0.15) is 41.3 Å². The molecule has 2 rings (SSSR count). The lowest BCUT2D eigenvalue weighted by Gasteiger charge is -2.20. The van der Waals surface area contributed by atoms with E-state index in [-0.39, 0.29) is 11.7 Å². The fourth-order valence-corrected chi connectivity index (χ4v) is 2.26.